The molecule has 1 aromatic heterocycles. The van der Waals surface area contributed by atoms with E-state index in [0.29, 0.717) is 5.69 Å². The van der Waals surface area contributed by atoms with Crippen LogP contribution >= 0.6 is 23.1 Å². The van der Waals surface area contributed by atoms with Gasteiger partial charge in [-0.1, -0.05) is 42.1 Å². The lowest BCUT2D eigenvalue weighted by atomic mass is 10.0. The van der Waals surface area contributed by atoms with Crippen LogP contribution in [0.2, 0.25) is 0 Å². The number of nitrogens with one attached hydrogen (secondary N) is 1. The first-order valence-corrected chi connectivity index (χ1v) is 9.20. The molecule has 6 heteroatoms. The molecule has 1 amide bonds. The van der Waals surface area contributed by atoms with Gasteiger partial charge in [0.1, 0.15) is 10.0 Å². The van der Waals surface area contributed by atoms with Gasteiger partial charge in [-0.05, 0) is 38.9 Å². The van der Waals surface area contributed by atoms with E-state index in [4.69, 9.17) is 0 Å². The molecule has 0 spiro atoms. The van der Waals surface area contributed by atoms with Crippen LogP contribution in [0, 0.1) is 0 Å². The van der Waals surface area contributed by atoms with Gasteiger partial charge in [-0.25, -0.2) is 4.98 Å². The first kappa shape index (κ1) is 17.0. The highest BCUT2D eigenvalue weighted by atomic mass is 32.2. The van der Waals surface area contributed by atoms with Crippen LogP contribution in [0.1, 0.15) is 28.5 Å². The molecule has 1 aromatic carbocycles. The number of carbonyl (C=O) groups is 1. The monoisotopic (exact) mass is 335 g/mol. The molecule has 22 heavy (non-hydrogen) atoms. The number of hydrogen-bond donors (Lipinski definition) is 1. The van der Waals surface area contributed by atoms with E-state index in [1.807, 2.05) is 43.9 Å². The second kappa shape index (κ2) is 8.31. The molecule has 4 nitrogen and oxygen atoms in total. The molecule has 0 aliphatic heterocycles. The van der Waals surface area contributed by atoms with Crippen LogP contribution in [0.15, 0.2) is 40.1 Å². The molecule has 0 aliphatic rings. The summed E-state index contributed by atoms with van der Waals surface area (Å²) < 4.78 is 0.912. The summed E-state index contributed by atoms with van der Waals surface area (Å²) in [4.78, 5) is 18.9. The number of hydrogen-bond acceptors (Lipinski definition) is 5. The average molecular weight is 335 g/mol. The largest absolute Gasteiger partial charge is 0.344 e. The topological polar surface area (TPSA) is 45.2 Å². The smallest absolute Gasteiger partial charge is 0.271 e. The molecular weight excluding hydrogens is 314 g/mol. The number of thiazole rings is 1. The zero-order chi connectivity index (χ0) is 15.9. The van der Waals surface area contributed by atoms with Crippen LogP contribution in [-0.4, -0.2) is 42.7 Å². The van der Waals surface area contributed by atoms with Crippen molar-refractivity contribution in [1.29, 1.82) is 0 Å². The van der Waals surface area contributed by atoms with Crippen molar-refractivity contribution in [2.75, 3.05) is 26.9 Å². The van der Waals surface area contributed by atoms with Gasteiger partial charge in [-0.15, -0.1) is 11.3 Å². The lowest BCUT2D eigenvalue weighted by molar-refractivity contribution is 0.0928. The van der Waals surface area contributed by atoms with Gasteiger partial charge >= 0.3 is 0 Å². The maximum atomic E-state index is 12.4. The standard InChI is InChI=1S/C16H21N3OS2/c1-19(2)10-9-13(12-7-5-4-6-8-12)17-15(20)14-11-22-16(18-14)21-3/h4-8,11,13H,9-10H2,1-3H3,(H,17,20). The Morgan fingerprint density at radius 3 is 2.68 bits per heavy atom. The first-order valence-electron chi connectivity index (χ1n) is 7.10. The number of thioether (sulfide) groups is 1. The zero-order valence-electron chi connectivity index (χ0n) is 13.1. The minimum atomic E-state index is -0.107. The van der Waals surface area contributed by atoms with Crippen molar-refractivity contribution in [3.05, 3.63) is 47.0 Å². The third-order valence-electron chi connectivity index (χ3n) is 3.26. The quantitative estimate of drug-likeness (QED) is 0.789. The number of amides is 1. The van der Waals surface area contributed by atoms with E-state index in [0.717, 1.165) is 22.9 Å². The number of rotatable bonds is 7. The molecule has 0 aliphatic carbocycles. The summed E-state index contributed by atoms with van der Waals surface area (Å²) in [6.07, 6.45) is 2.83. The SMILES string of the molecule is CSc1nc(C(=O)NC(CCN(C)C)c2ccccc2)cs1. The van der Waals surface area contributed by atoms with E-state index in [9.17, 15) is 4.79 Å². The summed E-state index contributed by atoms with van der Waals surface area (Å²) >= 11 is 3.06. The lowest BCUT2D eigenvalue weighted by Gasteiger charge is -2.20. The summed E-state index contributed by atoms with van der Waals surface area (Å²) in [7, 11) is 4.07. The number of benzene rings is 1. The van der Waals surface area contributed by atoms with Gasteiger partial charge < -0.3 is 10.2 Å². The number of nitrogens with zero attached hydrogens (tertiary/aromatic N) is 2. The zero-order valence-corrected chi connectivity index (χ0v) is 14.7. The van der Waals surface area contributed by atoms with Gasteiger partial charge in [0.2, 0.25) is 0 Å². The predicted octanol–water partition coefficient (Wildman–Crippen LogP) is 3.29. The summed E-state index contributed by atoms with van der Waals surface area (Å²) in [6.45, 7) is 0.910. The maximum Gasteiger partial charge on any atom is 0.271 e. The van der Waals surface area contributed by atoms with E-state index in [-0.39, 0.29) is 11.9 Å². The van der Waals surface area contributed by atoms with Crippen LogP contribution in [0.3, 0.4) is 0 Å². The number of carbonyl (C=O) groups excluding carboxylic acids is 1. The Labute approximate surface area is 139 Å². The van der Waals surface area contributed by atoms with Gasteiger partial charge in [0.25, 0.3) is 5.91 Å². The Hall–Kier alpha value is -1.37. The van der Waals surface area contributed by atoms with Crippen LogP contribution in [-0.2, 0) is 0 Å². The fourth-order valence-corrected chi connectivity index (χ4v) is 3.32. The number of aromatic nitrogens is 1. The highest BCUT2D eigenvalue weighted by Gasteiger charge is 2.17. The fraction of sp³-hybridized carbons (Fsp3) is 0.375. The molecule has 0 bridgehead atoms. The minimum Gasteiger partial charge on any atom is -0.344 e. The lowest BCUT2D eigenvalue weighted by Crippen LogP contribution is -2.31. The van der Waals surface area contributed by atoms with Gasteiger partial charge in [-0.3, -0.25) is 4.79 Å². The Bertz CT molecular complexity index is 598. The van der Waals surface area contributed by atoms with Gasteiger partial charge in [0.05, 0.1) is 6.04 Å². The second-order valence-corrected chi connectivity index (χ2v) is 7.14. The maximum absolute atomic E-state index is 12.4. The molecule has 1 heterocycles. The van der Waals surface area contributed by atoms with E-state index < -0.39 is 0 Å². The Morgan fingerprint density at radius 1 is 1.36 bits per heavy atom. The van der Waals surface area contributed by atoms with Crippen molar-refractivity contribution in [3.8, 4) is 0 Å². The minimum absolute atomic E-state index is 0.00414. The molecule has 118 valence electrons. The Kier molecular flexibility index (Phi) is 6.42. The van der Waals surface area contributed by atoms with Crippen LogP contribution in [0.5, 0.6) is 0 Å². The molecule has 0 fully saturated rings. The van der Waals surface area contributed by atoms with Crippen molar-refractivity contribution in [2.45, 2.75) is 16.8 Å². The van der Waals surface area contributed by atoms with E-state index in [2.05, 4.69) is 27.3 Å². The van der Waals surface area contributed by atoms with Crippen LogP contribution < -0.4 is 5.32 Å². The first-order chi connectivity index (χ1) is 10.6. The molecule has 1 unspecified atom stereocenters. The molecule has 1 atom stereocenters. The molecule has 2 aromatic rings. The van der Waals surface area contributed by atoms with E-state index in [1.54, 1.807) is 11.8 Å². The molecule has 1 N–H and O–H groups in total. The second-order valence-electron chi connectivity index (χ2n) is 5.23. The highest BCUT2D eigenvalue weighted by molar-refractivity contribution is 8.00. The van der Waals surface area contributed by atoms with Gasteiger partial charge in [0, 0.05) is 5.38 Å². The van der Waals surface area contributed by atoms with Gasteiger partial charge in [0.15, 0.2) is 0 Å². The molecule has 0 saturated carbocycles. The van der Waals surface area contributed by atoms with Crippen molar-refractivity contribution >= 4 is 29.0 Å². The highest BCUT2D eigenvalue weighted by Crippen LogP contribution is 2.21. The summed E-state index contributed by atoms with van der Waals surface area (Å²) in [5.41, 5.74) is 1.62. The molecule has 2 rings (SSSR count). The predicted molar refractivity (Wildman–Crippen MR) is 93.7 cm³/mol. The van der Waals surface area contributed by atoms with Gasteiger partial charge in [-0.2, -0.15) is 0 Å². The third kappa shape index (κ3) is 4.83. The van der Waals surface area contributed by atoms with Crippen molar-refractivity contribution in [2.24, 2.45) is 0 Å². The Balaban J connectivity index is 2.09. The third-order valence-corrected chi connectivity index (χ3v) is 5.13. The van der Waals surface area contributed by atoms with Crippen molar-refractivity contribution in [1.82, 2.24) is 15.2 Å². The summed E-state index contributed by atoms with van der Waals surface area (Å²) in [6, 6.07) is 10.1. The molecular formula is C16H21N3OS2. The summed E-state index contributed by atoms with van der Waals surface area (Å²) in [5, 5.41) is 4.93. The molecule has 0 radical (unpaired) electrons. The van der Waals surface area contributed by atoms with Crippen molar-refractivity contribution < 1.29 is 4.79 Å². The molecule has 0 saturated heterocycles. The van der Waals surface area contributed by atoms with E-state index >= 15 is 0 Å². The average Bonchev–Trinajstić information content (AvgIpc) is 3.01. The summed E-state index contributed by atoms with van der Waals surface area (Å²) in [5.74, 6) is -0.107. The Morgan fingerprint density at radius 2 is 2.09 bits per heavy atom. The normalized spacial score (nSPS) is 12.4. The fourth-order valence-electron chi connectivity index (χ4n) is 2.08. The van der Waals surface area contributed by atoms with Crippen LogP contribution in [0.25, 0.3) is 0 Å². The van der Waals surface area contributed by atoms with E-state index in [1.165, 1.54) is 11.3 Å². The van der Waals surface area contributed by atoms with Crippen molar-refractivity contribution in [3.63, 3.8) is 0 Å². The van der Waals surface area contributed by atoms with Crippen LogP contribution in [0.4, 0.5) is 0 Å².